The molecule has 0 saturated heterocycles. The molecule has 0 amide bonds. The summed E-state index contributed by atoms with van der Waals surface area (Å²) in [5.41, 5.74) is 14.1. The number of fused-ring (bicyclic) bond motifs is 2. The van der Waals surface area contributed by atoms with Crippen LogP contribution in [0.5, 0.6) is 0 Å². The third-order valence-electron chi connectivity index (χ3n) is 11.2. The van der Waals surface area contributed by atoms with E-state index in [0.717, 1.165) is 94.2 Å². The average molecular weight is 937 g/mol. The second-order valence-electron chi connectivity index (χ2n) is 16.4. The minimum absolute atomic E-state index is 0.925. The standard InChI is InChI=1S/C24H14N2.C22H16N2.C19H14N4/c1(19-9-13-25-14-10-19)3-21-5-7-24-18-22(6-8-23(24)17-21)4-2-20-11-15-26-16-12-20;1-17-15-22(6-4-20-9-13-24-14-10-20)18(2)16-21(17)5-3-19-7-11-23-12-8-19;1-4-18-17(3-2-10-21-18)19(5-1)22-13-15-6-8-16(9-7-15)23-12-11-20-14-23/h5-18H;7-16H,1-2H3;1-14H. The highest BCUT2D eigenvalue weighted by Gasteiger charge is 2.03. The van der Waals surface area contributed by atoms with Crippen molar-refractivity contribution in [3.63, 3.8) is 0 Å². The fourth-order valence-corrected chi connectivity index (χ4v) is 7.28. The van der Waals surface area contributed by atoms with Crippen LogP contribution in [0.4, 0.5) is 5.69 Å². The van der Waals surface area contributed by atoms with E-state index in [0.29, 0.717) is 0 Å². The van der Waals surface area contributed by atoms with Crippen LogP contribution in [0, 0.1) is 61.2 Å². The summed E-state index contributed by atoms with van der Waals surface area (Å²) < 4.78 is 1.97. The zero-order valence-electron chi connectivity index (χ0n) is 40.0. The molecular formula is C65H44N8. The van der Waals surface area contributed by atoms with Crippen LogP contribution in [0.2, 0.25) is 0 Å². The van der Waals surface area contributed by atoms with Crippen molar-refractivity contribution in [3.05, 3.63) is 287 Å². The molecule has 8 heteroatoms. The van der Waals surface area contributed by atoms with E-state index in [-0.39, 0.29) is 0 Å². The van der Waals surface area contributed by atoms with Gasteiger partial charge >= 0.3 is 0 Å². The van der Waals surface area contributed by atoms with Gasteiger partial charge in [0.1, 0.15) is 0 Å². The number of rotatable bonds is 3. The normalized spacial score (nSPS) is 10.1. The Bertz CT molecular complexity index is 3740. The van der Waals surface area contributed by atoms with E-state index < -0.39 is 0 Å². The summed E-state index contributed by atoms with van der Waals surface area (Å²) >= 11 is 0. The number of aryl methyl sites for hydroxylation is 2. The van der Waals surface area contributed by atoms with E-state index >= 15 is 0 Å². The van der Waals surface area contributed by atoms with E-state index in [2.05, 4.69) is 133 Å². The molecule has 0 spiro atoms. The highest BCUT2D eigenvalue weighted by molar-refractivity contribution is 5.93. The van der Waals surface area contributed by atoms with Crippen LogP contribution in [0.25, 0.3) is 27.4 Å². The molecule has 6 aromatic heterocycles. The third-order valence-corrected chi connectivity index (χ3v) is 11.2. The number of aliphatic imine (C=N–C) groups is 1. The number of pyridine rings is 5. The van der Waals surface area contributed by atoms with Gasteiger partial charge in [0.2, 0.25) is 0 Å². The van der Waals surface area contributed by atoms with Gasteiger partial charge in [-0.2, -0.15) is 0 Å². The number of aromatic nitrogens is 7. The summed E-state index contributed by atoms with van der Waals surface area (Å²) in [6.45, 7) is 4.13. The smallest absolute Gasteiger partial charge is 0.0991 e. The number of nitrogens with zero attached hydrogens (tertiary/aromatic N) is 8. The summed E-state index contributed by atoms with van der Waals surface area (Å²) in [6.07, 6.45) is 23.1. The molecule has 6 heterocycles. The Balaban J connectivity index is 0.000000135. The van der Waals surface area contributed by atoms with Crippen LogP contribution in [0.15, 0.2) is 231 Å². The lowest BCUT2D eigenvalue weighted by Crippen LogP contribution is -1.90. The molecule has 8 nitrogen and oxygen atoms in total. The van der Waals surface area contributed by atoms with Crippen LogP contribution < -0.4 is 0 Å². The molecule has 0 radical (unpaired) electrons. The summed E-state index contributed by atoms with van der Waals surface area (Å²) in [5.74, 6) is 25.5. The van der Waals surface area contributed by atoms with Gasteiger partial charge in [-0.1, -0.05) is 77.7 Å². The maximum absolute atomic E-state index is 4.61. The zero-order chi connectivity index (χ0) is 49.9. The minimum Gasteiger partial charge on any atom is -0.306 e. The number of imidazole rings is 1. The Hall–Kier alpha value is -10.5. The third kappa shape index (κ3) is 13.6. The first-order valence-corrected chi connectivity index (χ1v) is 23.3. The van der Waals surface area contributed by atoms with Crippen molar-refractivity contribution in [2.45, 2.75) is 13.8 Å². The first kappa shape index (κ1) is 47.6. The molecular weight excluding hydrogens is 893 g/mol. The van der Waals surface area contributed by atoms with E-state index in [9.17, 15) is 0 Å². The van der Waals surface area contributed by atoms with Crippen molar-refractivity contribution in [3.8, 4) is 53.1 Å². The number of hydrogen-bond acceptors (Lipinski definition) is 7. The highest BCUT2D eigenvalue weighted by atomic mass is 15.0. The Labute approximate surface area is 425 Å². The SMILES string of the molecule is C(#Cc1ccc2cc(C#Cc3ccncc3)ccc2c1)c1ccncc1.C(=Nc1cccc2ncccc12)c1ccc(-n2ccnc2)cc1.Cc1cc(C#Cc2ccncc2)c(C)cc1C#Cc1ccncc1. The van der Waals surface area contributed by atoms with Crippen molar-refractivity contribution in [1.29, 1.82) is 0 Å². The highest BCUT2D eigenvalue weighted by Crippen LogP contribution is 2.24. The molecule has 11 aromatic rings. The van der Waals surface area contributed by atoms with Gasteiger partial charge in [-0.25, -0.2) is 4.98 Å². The van der Waals surface area contributed by atoms with Crippen LogP contribution >= 0.6 is 0 Å². The van der Waals surface area contributed by atoms with E-state index in [4.69, 9.17) is 0 Å². The predicted octanol–water partition coefficient (Wildman–Crippen LogP) is 12.5. The summed E-state index contributed by atoms with van der Waals surface area (Å²) in [6, 6.07) is 50.0. The Morgan fingerprint density at radius 3 is 1.37 bits per heavy atom. The van der Waals surface area contributed by atoms with Crippen LogP contribution in [-0.2, 0) is 0 Å². The fourth-order valence-electron chi connectivity index (χ4n) is 7.28. The predicted molar refractivity (Wildman–Crippen MR) is 293 cm³/mol. The first-order valence-electron chi connectivity index (χ1n) is 23.3. The largest absolute Gasteiger partial charge is 0.306 e. The molecule has 344 valence electrons. The topological polar surface area (TPSA) is 94.6 Å². The number of hydrogen-bond donors (Lipinski definition) is 0. The van der Waals surface area contributed by atoms with Gasteiger partial charge in [-0.05, 0) is 163 Å². The Morgan fingerprint density at radius 2 is 0.890 bits per heavy atom. The van der Waals surface area contributed by atoms with Gasteiger partial charge in [0.25, 0.3) is 0 Å². The Morgan fingerprint density at radius 1 is 0.411 bits per heavy atom. The van der Waals surface area contributed by atoms with Crippen molar-refractivity contribution >= 4 is 33.6 Å². The quantitative estimate of drug-likeness (QED) is 0.129. The minimum atomic E-state index is 0.925. The van der Waals surface area contributed by atoms with Gasteiger partial charge < -0.3 is 4.57 Å². The maximum atomic E-state index is 4.61. The van der Waals surface area contributed by atoms with Crippen molar-refractivity contribution in [1.82, 2.24) is 34.5 Å². The molecule has 0 atom stereocenters. The molecule has 0 fully saturated rings. The van der Waals surface area contributed by atoms with E-state index in [1.54, 1.807) is 68.3 Å². The van der Waals surface area contributed by atoms with E-state index in [1.807, 2.05) is 132 Å². The van der Waals surface area contributed by atoms with Crippen LogP contribution in [0.3, 0.4) is 0 Å². The molecule has 0 saturated carbocycles. The first-order chi connectivity index (χ1) is 36.0. The molecule has 0 aliphatic rings. The monoisotopic (exact) mass is 936 g/mol. The van der Waals surface area contributed by atoms with Gasteiger partial charge in [-0.15, -0.1) is 0 Å². The lowest BCUT2D eigenvalue weighted by molar-refractivity contribution is 1.06. The fraction of sp³-hybridized carbons (Fsp3) is 0.0308. The lowest BCUT2D eigenvalue weighted by atomic mass is 10.00. The molecule has 11 rings (SSSR count). The van der Waals surface area contributed by atoms with Gasteiger partial charge in [0, 0.05) is 130 Å². The molecule has 0 aliphatic heterocycles. The van der Waals surface area contributed by atoms with E-state index in [1.165, 1.54) is 0 Å². The number of benzene rings is 5. The Kier molecular flexibility index (Phi) is 15.7. The summed E-state index contributed by atoms with van der Waals surface area (Å²) in [7, 11) is 0. The maximum Gasteiger partial charge on any atom is 0.0991 e. The van der Waals surface area contributed by atoms with Gasteiger partial charge in [0.15, 0.2) is 0 Å². The molecule has 5 aromatic carbocycles. The van der Waals surface area contributed by atoms with Gasteiger partial charge in [-0.3, -0.25) is 29.9 Å². The molecule has 0 unspecified atom stereocenters. The zero-order valence-corrected chi connectivity index (χ0v) is 40.0. The molecule has 0 aliphatic carbocycles. The summed E-state index contributed by atoms with van der Waals surface area (Å²) in [4.78, 5) is 29.0. The average Bonchev–Trinajstić information content (AvgIpc) is 4.00. The van der Waals surface area contributed by atoms with Crippen molar-refractivity contribution < 1.29 is 0 Å². The van der Waals surface area contributed by atoms with Crippen LogP contribution in [-0.4, -0.2) is 40.7 Å². The van der Waals surface area contributed by atoms with Gasteiger partial charge in [0.05, 0.1) is 17.5 Å². The molecule has 73 heavy (non-hydrogen) atoms. The van der Waals surface area contributed by atoms with Crippen molar-refractivity contribution in [2.24, 2.45) is 4.99 Å². The second kappa shape index (κ2) is 24.2. The molecule has 0 N–H and O–H groups in total. The lowest BCUT2D eigenvalue weighted by Gasteiger charge is -2.04. The molecule has 0 bridgehead atoms. The second-order valence-corrected chi connectivity index (χ2v) is 16.4. The van der Waals surface area contributed by atoms with Crippen molar-refractivity contribution in [2.75, 3.05) is 0 Å². The summed E-state index contributed by atoms with van der Waals surface area (Å²) in [5, 5.41) is 3.36. The van der Waals surface area contributed by atoms with Crippen LogP contribution in [0.1, 0.15) is 61.2 Å².